The fourth-order valence-electron chi connectivity index (χ4n) is 3.65. The Bertz CT molecular complexity index is 1170. The normalized spacial score (nSPS) is 25.5. The lowest BCUT2D eigenvalue weighted by molar-refractivity contribution is -0.384. The molecule has 0 spiro atoms. The molecule has 0 radical (unpaired) electrons. The number of benzene rings is 1. The molecule has 0 saturated carbocycles. The minimum absolute atomic E-state index is 0.0148. The molecule has 2 aliphatic rings. The summed E-state index contributed by atoms with van der Waals surface area (Å²) in [6, 6.07) is 5.83. The average molecular weight is 509 g/mol. The summed E-state index contributed by atoms with van der Waals surface area (Å²) in [6.45, 7) is 3.70. The number of hydrogen-bond acceptors (Lipinski definition) is 14. The minimum atomic E-state index is -0.772. The zero-order valence-corrected chi connectivity index (χ0v) is 19.7. The smallest absolute Gasteiger partial charge is 0.269 e. The Labute approximate surface area is 201 Å². The van der Waals surface area contributed by atoms with Crippen LogP contribution in [0.4, 0.5) is 10.8 Å². The van der Waals surface area contributed by atoms with Crippen LogP contribution in [0.15, 0.2) is 33.1 Å². The molecule has 1 aromatic carbocycles. The molecule has 3 aromatic rings. The van der Waals surface area contributed by atoms with Crippen LogP contribution in [0.1, 0.15) is 19.7 Å². The van der Waals surface area contributed by atoms with Gasteiger partial charge in [0.05, 0.1) is 11.0 Å². The standard InChI is InChI=1S/C19H20N6O7S2/c1-19(2)30-13-11(8-33-18-23-22-17(20)34-18)29-16(14(13)31-19)28-7-12-21-15(32-24-12)9-3-5-10(6-4-9)25(26)27/h3-6,11,13-14,16H,7-8H2,1-2H3,(H2,20,22)/t11-,13-,14-,16-/m1/s1. The molecule has 2 aromatic heterocycles. The van der Waals surface area contributed by atoms with Crippen molar-refractivity contribution in [2.75, 3.05) is 11.5 Å². The number of ether oxygens (including phenoxy) is 4. The van der Waals surface area contributed by atoms with Gasteiger partial charge in [0.1, 0.15) is 18.8 Å². The number of hydrogen-bond donors (Lipinski definition) is 1. The molecule has 0 bridgehead atoms. The largest absolute Gasteiger partial charge is 0.374 e. The van der Waals surface area contributed by atoms with Crippen LogP contribution in [0.5, 0.6) is 0 Å². The maximum absolute atomic E-state index is 10.8. The van der Waals surface area contributed by atoms with Crippen molar-refractivity contribution in [2.45, 2.75) is 55.2 Å². The zero-order chi connectivity index (χ0) is 23.9. The summed E-state index contributed by atoms with van der Waals surface area (Å²) in [6.07, 6.45) is -1.74. The van der Waals surface area contributed by atoms with E-state index in [1.54, 1.807) is 12.1 Å². The molecule has 4 heterocycles. The molecular formula is C19H20N6O7S2. The van der Waals surface area contributed by atoms with Crippen LogP contribution in [0.25, 0.3) is 11.5 Å². The fourth-order valence-corrected chi connectivity index (χ4v) is 5.37. The molecule has 15 heteroatoms. The van der Waals surface area contributed by atoms with Gasteiger partial charge in [-0.1, -0.05) is 28.3 Å². The van der Waals surface area contributed by atoms with Gasteiger partial charge in [-0.15, -0.1) is 10.2 Å². The second kappa shape index (κ2) is 9.16. The second-order valence-electron chi connectivity index (χ2n) is 7.96. The minimum Gasteiger partial charge on any atom is -0.374 e. The van der Waals surface area contributed by atoms with E-state index in [-0.39, 0.29) is 30.4 Å². The molecule has 2 saturated heterocycles. The number of rotatable bonds is 8. The van der Waals surface area contributed by atoms with Crippen molar-refractivity contribution in [3.63, 3.8) is 0 Å². The Kier molecular flexibility index (Phi) is 6.22. The predicted octanol–water partition coefficient (Wildman–Crippen LogP) is 2.63. The topological polar surface area (TPSA) is 171 Å². The average Bonchev–Trinajstić information content (AvgIpc) is 3.56. The first-order chi connectivity index (χ1) is 16.3. The molecule has 13 nitrogen and oxygen atoms in total. The zero-order valence-electron chi connectivity index (χ0n) is 18.0. The highest BCUT2D eigenvalue weighted by Crippen LogP contribution is 2.41. The van der Waals surface area contributed by atoms with Crippen molar-refractivity contribution in [1.29, 1.82) is 0 Å². The third kappa shape index (κ3) is 4.89. The van der Waals surface area contributed by atoms with E-state index >= 15 is 0 Å². The van der Waals surface area contributed by atoms with E-state index in [0.29, 0.717) is 22.3 Å². The summed E-state index contributed by atoms with van der Waals surface area (Å²) in [5.41, 5.74) is 6.18. The number of non-ortho nitro benzene ring substituents is 1. The van der Waals surface area contributed by atoms with Crippen molar-refractivity contribution in [2.24, 2.45) is 0 Å². The number of anilines is 1. The molecule has 2 N–H and O–H groups in total. The second-order valence-corrected chi connectivity index (χ2v) is 10.2. The van der Waals surface area contributed by atoms with E-state index in [4.69, 9.17) is 29.2 Å². The lowest BCUT2D eigenvalue weighted by atomic mass is 10.1. The number of nitrogens with two attached hydrogens (primary N) is 1. The SMILES string of the molecule is CC1(C)O[C@H]2[C@H](OCc3noc(-c4ccc([N+](=O)[O-])cc4)n3)O[C@H](CSc3nnc(N)s3)[C@H]2O1. The van der Waals surface area contributed by atoms with Gasteiger partial charge in [-0.3, -0.25) is 10.1 Å². The Morgan fingerprint density at radius 2 is 2.00 bits per heavy atom. The summed E-state index contributed by atoms with van der Waals surface area (Å²) in [5.74, 6) is 0.313. The van der Waals surface area contributed by atoms with Crippen LogP contribution in [0.2, 0.25) is 0 Å². The number of aromatic nitrogens is 4. The Morgan fingerprint density at radius 3 is 2.71 bits per heavy atom. The van der Waals surface area contributed by atoms with Crippen molar-refractivity contribution in [1.82, 2.24) is 20.3 Å². The number of nitrogens with zero attached hydrogens (tertiary/aromatic N) is 5. The van der Waals surface area contributed by atoms with Gasteiger partial charge in [0.15, 0.2) is 22.2 Å². The van der Waals surface area contributed by atoms with Gasteiger partial charge in [0, 0.05) is 23.4 Å². The summed E-state index contributed by atoms with van der Waals surface area (Å²) in [7, 11) is 0. The molecule has 0 aliphatic carbocycles. The Hall–Kier alpha value is -2.69. The van der Waals surface area contributed by atoms with Gasteiger partial charge in [0.2, 0.25) is 5.13 Å². The van der Waals surface area contributed by atoms with E-state index in [1.807, 2.05) is 13.8 Å². The van der Waals surface area contributed by atoms with Gasteiger partial charge in [-0.05, 0) is 26.0 Å². The van der Waals surface area contributed by atoms with Crippen LogP contribution >= 0.6 is 23.1 Å². The molecule has 180 valence electrons. The maximum atomic E-state index is 10.8. The van der Waals surface area contributed by atoms with Crippen LogP contribution in [-0.4, -0.2) is 61.4 Å². The van der Waals surface area contributed by atoms with Gasteiger partial charge >= 0.3 is 0 Å². The third-order valence-corrected chi connectivity index (χ3v) is 7.04. The van der Waals surface area contributed by atoms with E-state index in [1.165, 1.54) is 35.2 Å². The number of nitrogen functional groups attached to an aromatic ring is 1. The van der Waals surface area contributed by atoms with E-state index < -0.39 is 23.1 Å². The first-order valence-corrected chi connectivity index (χ1v) is 12.0. The Balaban J connectivity index is 1.22. The van der Waals surface area contributed by atoms with Crippen LogP contribution < -0.4 is 5.73 Å². The monoisotopic (exact) mass is 508 g/mol. The first-order valence-electron chi connectivity index (χ1n) is 10.2. The lowest BCUT2D eigenvalue weighted by Gasteiger charge is -2.23. The highest BCUT2D eigenvalue weighted by molar-refractivity contribution is 8.01. The fraction of sp³-hybridized carbons (Fsp3) is 0.474. The molecule has 2 aliphatic heterocycles. The van der Waals surface area contributed by atoms with Gasteiger partial charge in [-0.2, -0.15) is 4.98 Å². The number of thioether (sulfide) groups is 1. The van der Waals surface area contributed by atoms with Crippen LogP contribution in [0, 0.1) is 10.1 Å². The van der Waals surface area contributed by atoms with Crippen LogP contribution in [-0.2, 0) is 25.6 Å². The van der Waals surface area contributed by atoms with E-state index in [0.717, 1.165) is 4.34 Å². The molecule has 2 fully saturated rings. The molecule has 0 amide bonds. The molecule has 4 atom stereocenters. The third-order valence-electron chi connectivity index (χ3n) is 5.07. The van der Waals surface area contributed by atoms with Crippen molar-refractivity contribution >= 4 is 33.9 Å². The molecule has 34 heavy (non-hydrogen) atoms. The summed E-state index contributed by atoms with van der Waals surface area (Å²) < 4.78 is 30.1. The number of fused-ring (bicyclic) bond motifs is 1. The van der Waals surface area contributed by atoms with Crippen LogP contribution in [0.3, 0.4) is 0 Å². The van der Waals surface area contributed by atoms with Gasteiger partial charge in [-0.25, -0.2) is 0 Å². The summed E-state index contributed by atoms with van der Waals surface area (Å²) in [5, 5.41) is 23.0. The van der Waals surface area contributed by atoms with Crippen molar-refractivity contribution in [3.05, 3.63) is 40.2 Å². The van der Waals surface area contributed by atoms with Gasteiger partial charge in [0.25, 0.3) is 11.6 Å². The molecule has 0 unspecified atom stereocenters. The highest BCUT2D eigenvalue weighted by Gasteiger charge is 2.55. The molecular weight excluding hydrogens is 488 g/mol. The van der Waals surface area contributed by atoms with E-state index in [2.05, 4.69) is 20.3 Å². The maximum Gasteiger partial charge on any atom is 0.269 e. The summed E-state index contributed by atoms with van der Waals surface area (Å²) in [4.78, 5) is 14.6. The molecule has 5 rings (SSSR count). The van der Waals surface area contributed by atoms with Gasteiger partial charge < -0.3 is 29.2 Å². The first kappa shape index (κ1) is 23.1. The number of nitro groups is 1. The van der Waals surface area contributed by atoms with E-state index in [9.17, 15) is 10.1 Å². The quantitative estimate of drug-likeness (QED) is 0.268. The highest BCUT2D eigenvalue weighted by atomic mass is 32.2. The summed E-state index contributed by atoms with van der Waals surface area (Å²) >= 11 is 2.78. The Morgan fingerprint density at radius 1 is 1.24 bits per heavy atom. The number of nitro benzene ring substituents is 1. The lowest BCUT2D eigenvalue weighted by Crippen LogP contribution is -2.31. The predicted molar refractivity (Wildman–Crippen MR) is 119 cm³/mol. The van der Waals surface area contributed by atoms with Crippen molar-refractivity contribution < 1.29 is 28.4 Å². The van der Waals surface area contributed by atoms with Crippen molar-refractivity contribution in [3.8, 4) is 11.5 Å².